The Hall–Kier alpha value is -2.67. The van der Waals surface area contributed by atoms with Crippen molar-refractivity contribution < 1.29 is 17.9 Å². The third-order valence-corrected chi connectivity index (χ3v) is 3.19. The van der Waals surface area contributed by atoms with Crippen molar-refractivity contribution in [2.24, 2.45) is 11.6 Å². The summed E-state index contributed by atoms with van der Waals surface area (Å²) in [6, 6.07) is 11.6. The summed E-state index contributed by atoms with van der Waals surface area (Å²) in [5.41, 5.74) is 6.40. The first-order chi connectivity index (χ1) is 10.8. The number of hydrogen-bond donors (Lipinski definition) is 2. The van der Waals surface area contributed by atoms with Crippen LogP contribution in [0.4, 0.5) is 18.9 Å². The molecule has 2 rings (SSSR count). The highest BCUT2D eigenvalue weighted by molar-refractivity contribution is 5.68. The minimum atomic E-state index is -4.38. The van der Waals surface area contributed by atoms with Crippen LogP contribution in [0, 0.1) is 0 Å². The van der Waals surface area contributed by atoms with Gasteiger partial charge in [-0.15, -0.1) is 0 Å². The molecule has 0 unspecified atom stereocenters. The second-order valence-corrected chi connectivity index (χ2v) is 4.74. The summed E-state index contributed by atoms with van der Waals surface area (Å²) >= 11 is 0. The lowest BCUT2D eigenvalue weighted by Gasteiger charge is -2.18. The molecule has 0 spiro atoms. The lowest BCUT2D eigenvalue weighted by atomic mass is 10.1. The monoisotopic (exact) mass is 323 g/mol. The predicted molar refractivity (Wildman–Crippen MR) is 83.3 cm³/mol. The van der Waals surface area contributed by atoms with Crippen molar-refractivity contribution in [3.63, 3.8) is 0 Å². The Balaban J connectivity index is 2.25. The minimum absolute atomic E-state index is 0.229. The summed E-state index contributed by atoms with van der Waals surface area (Å²) < 4.78 is 42.8. The summed E-state index contributed by atoms with van der Waals surface area (Å²) in [4.78, 5) is 0. The van der Waals surface area contributed by atoms with Gasteiger partial charge in [-0.1, -0.05) is 24.3 Å². The summed E-state index contributed by atoms with van der Waals surface area (Å²) in [6.45, 7) is 0. The number of para-hydroxylation sites is 2. The third kappa shape index (κ3) is 3.95. The van der Waals surface area contributed by atoms with E-state index in [4.69, 9.17) is 16.3 Å². The molecule has 0 aliphatic carbocycles. The van der Waals surface area contributed by atoms with E-state index in [1.807, 2.05) is 0 Å². The molecule has 4 N–H and O–H groups in total. The molecule has 0 heterocycles. The fourth-order valence-electron chi connectivity index (χ4n) is 1.99. The summed E-state index contributed by atoms with van der Waals surface area (Å²) in [5, 5.41) is 1.26. The van der Waals surface area contributed by atoms with E-state index < -0.39 is 11.7 Å². The number of methoxy groups -OCH3 is 1. The zero-order chi connectivity index (χ0) is 17.0. The summed E-state index contributed by atoms with van der Waals surface area (Å²) in [7, 11) is 1.51. The van der Waals surface area contributed by atoms with Crippen molar-refractivity contribution in [2.45, 2.75) is 6.18 Å². The van der Waals surface area contributed by atoms with Gasteiger partial charge in [-0.05, 0) is 29.8 Å². The fraction of sp³-hybridized carbons (Fsp3) is 0.125. The number of nitrogens with zero attached hydrogens (tertiary/aromatic N) is 1. The van der Waals surface area contributed by atoms with Gasteiger partial charge in [0.15, 0.2) is 0 Å². The van der Waals surface area contributed by atoms with E-state index in [2.05, 4.69) is 0 Å². The van der Waals surface area contributed by atoms with E-state index in [0.717, 1.165) is 12.1 Å². The molecule has 122 valence electrons. The number of halogens is 3. The molecular weight excluding hydrogens is 307 g/mol. The second kappa shape index (κ2) is 6.62. The number of hydrogen-bond acceptors (Lipinski definition) is 4. The van der Waals surface area contributed by atoms with Gasteiger partial charge in [-0.3, -0.25) is 5.01 Å². The number of rotatable bonds is 4. The molecule has 4 nitrogen and oxygen atoms in total. The molecule has 0 bridgehead atoms. The number of anilines is 1. The van der Waals surface area contributed by atoms with Crippen molar-refractivity contribution in [2.75, 3.05) is 12.1 Å². The van der Waals surface area contributed by atoms with Crippen molar-refractivity contribution in [3.8, 4) is 5.75 Å². The normalized spacial score (nSPS) is 12.1. The SMILES string of the molecule is COc1ccccc1N(N)/C=C(\N)c1ccc(C(F)(F)F)cc1. The van der Waals surface area contributed by atoms with Gasteiger partial charge in [0, 0.05) is 6.20 Å². The highest BCUT2D eigenvalue weighted by Gasteiger charge is 2.29. The molecule has 2 aromatic rings. The van der Waals surface area contributed by atoms with E-state index in [0.29, 0.717) is 17.0 Å². The first kappa shape index (κ1) is 16.7. The molecule has 0 aromatic heterocycles. The molecule has 23 heavy (non-hydrogen) atoms. The second-order valence-electron chi connectivity index (χ2n) is 4.74. The lowest BCUT2D eigenvalue weighted by Crippen LogP contribution is -2.26. The van der Waals surface area contributed by atoms with Crippen LogP contribution in [0.2, 0.25) is 0 Å². The van der Waals surface area contributed by atoms with Crippen molar-refractivity contribution >= 4 is 11.4 Å². The van der Waals surface area contributed by atoms with Gasteiger partial charge < -0.3 is 10.5 Å². The van der Waals surface area contributed by atoms with Crippen molar-refractivity contribution in [3.05, 3.63) is 65.9 Å². The van der Waals surface area contributed by atoms with E-state index >= 15 is 0 Å². The Morgan fingerprint density at radius 2 is 1.70 bits per heavy atom. The average Bonchev–Trinajstić information content (AvgIpc) is 2.54. The van der Waals surface area contributed by atoms with Crippen LogP contribution in [0.5, 0.6) is 5.75 Å². The van der Waals surface area contributed by atoms with Crippen LogP contribution >= 0.6 is 0 Å². The van der Waals surface area contributed by atoms with Crippen LogP contribution in [-0.4, -0.2) is 7.11 Å². The Bertz CT molecular complexity index is 696. The van der Waals surface area contributed by atoms with Crippen molar-refractivity contribution in [1.82, 2.24) is 0 Å². The Morgan fingerprint density at radius 1 is 1.09 bits per heavy atom. The number of benzene rings is 2. The molecule has 0 aliphatic rings. The molecule has 0 aliphatic heterocycles. The van der Waals surface area contributed by atoms with Crippen LogP contribution in [0.1, 0.15) is 11.1 Å². The Kier molecular flexibility index (Phi) is 4.80. The minimum Gasteiger partial charge on any atom is -0.495 e. The first-order valence-corrected chi connectivity index (χ1v) is 6.65. The maximum absolute atomic E-state index is 12.5. The molecule has 0 radical (unpaired) electrons. The van der Waals surface area contributed by atoms with E-state index in [-0.39, 0.29) is 5.70 Å². The van der Waals surface area contributed by atoms with Gasteiger partial charge in [0.2, 0.25) is 0 Å². The molecule has 0 saturated heterocycles. The topological polar surface area (TPSA) is 64.5 Å². The van der Waals surface area contributed by atoms with Gasteiger partial charge in [0.1, 0.15) is 5.75 Å². The fourth-order valence-corrected chi connectivity index (χ4v) is 1.99. The van der Waals surface area contributed by atoms with Crippen molar-refractivity contribution in [1.29, 1.82) is 0 Å². The summed E-state index contributed by atoms with van der Waals surface area (Å²) in [6.07, 6.45) is -2.96. The largest absolute Gasteiger partial charge is 0.495 e. The highest BCUT2D eigenvalue weighted by Crippen LogP contribution is 2.30. The number of hydrazine groups is 1. The molecule has 2 aromatic carbocycles. The van der Waals surface area contributed by atoms with Gasteiger partial charge in [0.25, 0.3) is 0 Å². The van der Waals surface area contributed by atoms with E-state index in [9.17, 15) is 13.2 Å². The molecule has 7 heteroatoms. The predicted octanol–water partition coefficient (Wildman–Crippen LogP) is 3.35. The standard InChI is InChI=1S/C16H16F3N3O/c1-23-15-5-3-2-4-14(15)22(21)10-13(20)11-6-8-12(9-7-11)16(17,18)19/h2-10H,20-21H2,1H3/b13-10-. The molecule has 0 amide bonds. The van der Waals surface area contributed by atoms with Crippen LogP contribution < -0.4 is 21.3 Å². The van der Waals surface area contributed by atoms with Gasteiger partial charge in [-0.2, -0.15) is 13.2 Å². The molecule has 0 saturated carbocycles. The number of ether oxygens (including phenoxy) is 1. The maximum Gasteiger partial charge on any atom is 0.416 e. The zero-order valence-corrected chi connectivity index (χ0v) is 12.3. The maximum atomic E-state index is 12.5. The van der Waals surface area contributed by atoms with Crippen LogP contribution in [0.3, 0.4) is 0 Å². The number of alkyl halides is 3. The third-order valence-electron chi connectivity index (χ3n) is 3.19. The smallest absolute Gasteiger partial charge is 0.416 e. The highest BCUT2D eigenvalue weighted by atomic mass is 19.4. The van der Waals surface area contributed by atoms with Gasteiger partial charge >= 0.3 is 6.18 Å². The first-order valence-electron chi connectivity index (χ1n) is 6.65. The van der Waals surface area contributed by atoms with Crippen LogP contribution in [0.25, 0.3) is 5.70 Å². The van der Waals surface area contributed by atoms with Crippen LogP contribution in [0.15, 0.2) is 54.7 Å². The molecule has 0 fully saturated rings. The lowest BCUT2D eigenvalue weighted by molar-refractivity contribution is -0.137. The average molecular weight is 323 g/mol. The van der Waals surface area contributed by atoms with Crippen LogP contribution in [-0.2, 0) is 6.18 Å². The number of nitrogens with two attached hydrogens (primary N) is 2. The summed E-state index contributed by atoms with van der Waals surface area (Å²) in [5.74, 6) is 6.47. The van der Waals surface area contributed by atoms with E-state index in [1.54, 1.807) is 24.3 Å². The Morgan fingerprint density at radius 3 is 2.26 bits per heavy atom. The van der Waals surface area contributed by atoms with E-state index in [1.165, 1.54) is 30.5 Å². The molecular formula is C16H16F3N3O. The van der Waals surface area contributed by atoms with Gasteiger partial charge in [-0.25, -0.2) is 5.84 Å². The quantitative estimate of drug-likeness (QED) is 0.669. The Labute approximate surface area is 131 Å². The molecule has 0 atom stereocenters. The zero-order valence-electron chi connectivity index (χ0n) is 12.3. The van der Waals surface area contributed by atoms with Gasteiger partial charge in [0.05, 0.1) is 24.1 Å².